The number of nitrogens with one attached hydrogen (secondary N) is 5. The zero-order chi connectivity index (χ0) is 20.3. The minimum absolute atomic E-state index is 0.0136. The Hall–Kier alpha value is -1.55. The number of carbonyl (C=O) groups excluding carboxylic acids is 1. The molecule has 0 radical (unpaired) electrons. The van der Waals surface area contributed by atoms with Crippen molar-refractivity contribution in [3.8, 4) is 0 Å². The summed E-state index contributed by atoms with van der Waals surface area (Å²) in [6, 6.07) is 10.3. The van der Waals surface area contributed by atoms with Crippen LogP contribution in [-0.2, 0) is 17.6 Å². The Bertz CT molecular complexity index is 705. The predicted molar refractivity (Wildman–Crippen MR) is 116 cm³/mol. The number of hydrazine groups is 3. The van der Waals surface area contributed by atoms with Crippen LogP contribution in [0.5, 0.6) is 0 Å². The first-order valence-electron chi connectivity index (χ1n) is 11.6. The number of benzene rings is 1. The SMILES string of the molecule is O=C(NCC1NNNN1)C1CCCN(C2CCN(C3Cc4ccccc4C3)CC2)C1. The van der Waals surface area contributed by atoms with Gasteiger partial charge in [-0.25, -0.2) is 10.9 Å². The molecule has 3 heterocycles. The third-order valence-corrected chi connectivity index (χ3v) is 7.42. The molecule has 164 valence electrons. The summed E-state index contributed by atoms with van der Waals surface area (Å²) < 4.78 is 0. The van der Waals surface area contributed by atoms with E-state index in [1.807, 2.05) is 0 Å². The zero-order valence-electron chi connectivity index (χ0n) is 17.7. The van der Waals surface area contributed by atoms with Crippen LogP contribution in [-0.4, -0.2) is 66.7 Å². The second kappa shape index (κ2) is 9.30. The number of piperidine rings is 2. The summed E-state index contributed by atoms with van der Waals surface area (Å²) in [6.45, 7) is 5.00. The first-order valence-corrected chi connectivity index (χ1v) is 11.6. The molecular formula is C22H35N7O. The Labute approximate surface area is 179 Å². The minimum atomic E-state index is 0.0136. The van der Waals surface area contributed by atoms with Crippen molar-refractivity contribution in [1.29, 1.82) is 0 Å². The van der Waals surface area contributed by atoms with Crippen LogP contribution in [0, 0.1) is 5.92 Å². The number of fused-ring (bicyclic) bond motifs is 1. The molecule has 1 amide bonds. The van der Waals surface area contributed by atoms with Gasteiger partial charge in [0.05, 0.1) is 5.92 Å². The van der Waals surface area contributed by atoms with Gasteiger partial charge in [-0.15, -0.1) is 0 Å². The first-order chi connectivity index (χ1) is 14.8. The van der Waals surface area contributed by atoms with Crippen LogP contribution in [0.3, 0.4) is 0 Å². The lowest BCUT2D eigenvalue weighted by molar-refractivity contribution is -0.127. The molecule has 8 nitrogen and oxygen atoms in total. The van der Waals surface area contributed by atoms with Gasteiger partial charge in [0.15, 0.2) is 0 Å². The molecule has 3 saturated heterocycles. The fourth-order valence-electron chi connectivity index (χ4n) is 5.69. The molecular weight excluding hydrogens is 378 g/mol. The molecule has 3 aliphatic heterocycles. The summed E-state index contributed by atoms with van der Waals surface area (Å²) in [6.07, 6.45) is 7.02. The quantitative estimate of drug-likeness (QED) is 0.461. The number of hydrogen-bond acceptors (Lipinski definition) is 7. The smallest absolute Gasteiger partial charge is 0.224 e. The van der Waals surface area contributed by atoms with Crippen molar-refractivity contribution in [2.75, 3.05) is 32.7 Å². The number of amides is 1. The molecule has 1 unspecified atom stereocenters. The van der Waals surface area contributed by atoms with Crippen LogP contribution in [0.15, 0.2) is 24.3 Å². The number of hydrogen-bond donors (Lipinski definition) is 5. The molecule has 3 fully saturated rings. The summed E-state index contributed by atoms with van der Waals surface area (Å²) in [5.74, 6) is 0.305. The maximum Gasteiger partial charge on any atom is 0.224 e. The normalized spacial score (nSPS) is 27.4. The van der Waals surface area contributed by atoms with Crippen molar-refractivity contribution >= 4 is 5.91 Å². The van der Waals surface area contributed by atoms with Crippen LogP contribution >= 0.6 is 0 Å². The lowest BCUT2D eigenvalue weighted by Crippen LogP contribution is -2.53. The second-order valence-corrected chi connectivity index (χ2v) is 9.27. The Morgan fingerprint density at radius 2 is 1.63 bits per heavy atom. The standard InChI is InChI=1S/C22H35N7O/c30-22(23-14-21-24-26-27-25-21)18-6-3-9-29(15-18)19-7-10-28(11-8-19)20-12-16-4-1-2-5-17(16)13-20/h1-2,4-5,18-21,24-27H,3,6-15H2,(H,23,30). The summed E-state index contributed by atoms with van der Waals surface area (Å²) >= 11 is 0. The molecule has 4 aliphatic rings. The van der Waals surface area contributed by atoms with Crippen LogP contribution in [0.4, 0.5) is 0 Å². The summed E-state index contributed by atoms with van der Waals surface area (Å²) in [4.78, 5) is 18.0. The molecule has 5 N–H and O–H groups in total. The lowest BCUT2D eigenvalue weighted by atomic mass is 9.92. The Kier molecular flexibility index (Phi) is 6.31. The molecule has 1 aromatic rings. The number of carbonyl (C=O) groups is 1. The Morgan fingerprint density at radius 3 is 2.33 bits per heavy atom. The fraction of sp³-hybridized carbons (Fsp3) is 0.682. The van der Waals surface area contributed by atoms with E-state index in [2.05, 4.69) is 61.3 Å². The Morgan fingerprint density at radius 1 is 0.933 bits per heavy atom. The van der Waals surface area contributed by atoms with E-state index in [4.69, 9.17) is 0 Å². The van der Waals surface area contributed by atoms with Crippen molar-refractivity contribution in [1.82, 2.24) is 37.0 Å². The highest BCUT2D eigenvalue weighted by Crippen LogP contribution is 2.29. The van der Waals surface area contributed by atoms with Crippen molar-refractivity contribution in [3.63, 3.8) is 0 Å². The molecule has 0 spiro atoms. The van der Waals surface area contributed by atoms with E-state index in [9.17, 15) is 4.79 Å². The molecule has 0 saturated carbocycles. The van der Waals surface area contributed by atoms with Gasteiger partial charge in [-0.1, -0.05) is 24.3 Å². The maximum atomic E-state index is 12.7. The maximum absolute atomic E-state index is 12.7. The van der Waals surface area contributed by atoms with Gasteiger partial charge in [-0.3, -0.25) is 14.6 Å². The number of likely N-dealkylation sites (tertiary alicyclic amines) is 2. The highest BCUT2D eigenvalue weighted by Gasteiger charge is 2.34. The van der Waals surface area contributed by atoms with Gasteiger partial charge in [0, 0.05) is 25.2 Å². The monoisotopic (exact) mass is 413 g/mol. The molecule has 1 aliphatic carbocycles. The van der Waals surface area contributed by atoms with E-state index in [-0.39, 0.29) is 18.0 Å². The average Bonchev–Trinajstić information content (AvgIpc) is 3.47. The van der Waals surface area contributed by atoms with Gasteiger partial charge < -0.3 is 5.32 Å². The molecule has 8 heteroatoms. The van der Waals surface area contributed by atoms with Gasteiger partial charge in [-0.05, 0) is 69.3 Å². The second-order valence-electron chi connectivity index (χ2n) is 9.27. The average molecular weight is 414 g/mol. The molecule has 1 aromatic carbocycles. The highest BCUT2D eigenvalue weighted by atomic mass is 16.2. The first kappa shape index (κ1) is 20.4. The van der Waals surface area contributed by atoms with E-state index in [1.54, 1.807) is 11.1 Å². The largest absolute Gasteiger partial charge is 0.353 e. The van der Waals surface area contributed by atoms with Gasteiger partial charge in [-0.2, -0.15) is 11.1 Å². The molecule has 0 aromatic heterocycles. The molecule has 1 atom stereocenters. The molecule has 0 bridgehead atoms. The molecule has 30 heavy (non-hydrogen) atoms. The topological polar surface area (TPSA) is 83.7 Å². The Balaban J connectivity index is 1.08. The predicted octanol–water partition coefficient (Wildman–Crippen LogP) is -0.110. The summed E-state index contributed by atoms with van der Waals surface area (Å²) in [7, 11) is 0. The fourth-order valence-corrected chi connectivity index (χ4v) is 5.69. The van der Waals surface area contributed by atoms with Gasteiger partial charge >= 0.3 is 0 Å². The van der Waals surface area contributed by atoms with Crippen LogP contribution in [0.25, 0.3) is 0 Å². The van der Waals surface area contributed by atoms with Gasteiger partial charge in [0.2, 0.25) is 5.91 Å². The van der Waals surface area contributed by atoms with Crippen molar-refractivity contribution in [3.05, 3.63) is 35.4 Å². The highest BCUT2D eigenvalue weighted by molar-refractivity contribution is 5.79. The summed E-state index contributed by atoms with van der Waals surface area (Å²) in [5.41, 5.74) is 14.7. The van der Waals surface area contributed by atoms with Crippen LogP contribution in [0.2, 0.25) is 0 Å². The van der Waals surface area contributed by atoms with E-state index in [0.29, 0.717) is 18.6 Å². The van der Waals surface area contributed by atoms with Gasteiger partial charge in [0.25, 0.3) is 0 Å². The zero-order valence-corrected chi connectivity index (χ0v) is 17.7. The molecule has 5 rings (SSSR count). The van der Waals surface area contributed by atoms with Crippen molar-refractivity contribution in [2.45, 2.75) is 56.8 Å². The van der Waals surface area contributed by atoms with E-state index >= 15 is 0 Å². The van der Waals surface area contributed by atoms with Gasteiger partial charge in [0.1, 0.15) is 6.17 Å². The van der Waals surface area contributed by atoms with Crippen LogP contribution < -0.4 is 27.2 Å². The van der Waals surface area contributed by atoms with E-state index < -0.39 is 0 Å². The van der Waals surface area contributed by atoms with Crippen molar-refractivity contribution < 1.29 is 4.79 Å². The van der Waals surface area contributed by atoms with Crippen molar-refractivity contribution in [2.24, 2.45) is 5.92 Å². The number of rotatable bonds is 5. The third-order valence-electron chi connectivity index (χ3n) is 7.42. The summed E-state index contributed by atoms with van der Waals surface area (Å²) in [5, 5.41) is 3.09. The van der Waals surface area contributed by atoms with E-state index in [0.717, 1.165) is 25.9 Å². The van der Waals surface area contributed by atoms with E-state index in [1.165, 1.54) is 38.8 Å². The number of nitrogens with zero attached hydrogens (tertiary/aromatic N) is 2. The third kappa shape index (κ3) is 4.54. The van der Waals surface area contributed by atoms with Crippen LogP contribution in [0.1, 0.15) is 36.8 Å². The lowest BCUT2D eigenvalue weighted by Gasteiger charge is -2.43. The minimum Gasteiger partial charge on any atom is -0.353 e.